The molecule has 1 heterocycles. The lowest BCUT2D eigenvalue weighted by atomic mass is 10.1. The highest BCUT2D eigenvalue weighted by Crippen LogP contribution is 2.40. The van der Waals surface area contributed by atoms with Gasteiger partial charge in [0.1, 0.15) is 22.5 Å². The number of phenols is 1. The Morgan fingerprint density at radius 2 is 0.926 bits per heavy atom. The zero-order chi connectivity index (χ0) is 37.6. The smallest absolute Gasteiger partial charge is 0.343 e. The van der Waals surface area contributed by atoms with Gasteiger partial charge in [0, 0.05) is 17.7 Å². The van der Waals surface area contributed by atoms with E-state index in [0.717, 1.165) is 0 Å². The molecule has 54 heavy (non-hydrogen) atoms. The van der Waals surface area contributed by atoms with Crippen molar-refractivity contribution in [2.45, 2.75) is 0 Å². The summed E-state index contributed by atoms with van der Waals surface area (Å²) in [5.41, 5.74) is -0.476. The first kappa shape index (κ1) is 34.6. The van der Waals surface area contributed by atoms with Crippen LogP contribution in [-0.4, -0.2) is 29.0 Å². The molecular formula is C43H26O11. The van der Waals surface area contributed by atoms with Gasteiger partial charge in [0.15, 0.2) is 17.3 Å². The maximum atomic E-state index is 14.5. The third-order valence-corrected chi connectivity index (χ3v) is 7.96. The average molecular weight is 719 g/mol. The molecule has 0 radical (unpaired) electrons. The van der Waals surface area contributed by atoms with E-state index in [1.807, 2.05) is 0 Å². The third kappa shape index (κ3) is 7.46. The average Bonchev–Trinajstić information content (AvgIpc) is 3.20. The maximum Gasteiger partial charge on any atom is 0.343 e. The molecule has 264 valence electrons. The molecule has 7 aromatic rings. The molecule has 0 aliphatic rings. The lowest BCUT2D eigenvalue weighted by Gasteiger charge is -2.15. The molecule has 0 unspecified atom stereocenters. The summed E-state index contributed by atoms with van der Waals surface area (Å²) in [6.07, 6.45) is 0. The molecule has 0 saturated heterocycles. The van der Waals surface area contributed by atoms with Crippen LogP contribution in [0.4, 0.5) is 0 Å². The predicted octanol–water partition coefficient (Wildman–Crippen LogP) is 8.04. The van der Waals surface area contributed by atoms with E-state index < -0.39 is 40.8 Å². The summed E-state index contributed by atoms with van der Waals surface area (Å²) in [5, 5.41) is 10.3. The zero-order valence-electron chi connectivity index (χ0n) is 28.0. The topological polar surface area (TPSA) is 156 Å². The second-order valence-electron chi connectivity index (χ2n) is 11.6. The van der Waals surface area contributed by atoms with Gasteiger partial charge in [-0.05, 0) is 66.7 Å². The van der Waals surface area contributed by atoms with Crippen LogP contribution in [0.25, 0.3) is 22.3 Å². The van der Waals surface area contributed by atoms with Gasteiger partial charge in [-0.1, -0.05) is 72.8 Å². The molecule has 0 spiro atoms. The van der Waals surface area contributed by atoms with E-state index in [4.69, 9.17) is 23.4 Å². The number of carbonyl (C=O) groups is 4. The SMILES string of the molecule is O=C(Oc1cc(OC(=O)c2ccccc2)c2c(=O)c(OC(=O)c3ccccc3)c(-c3ccc(O)c(OC(=O)c4ccccc4)c3)oc2c1)c1ccccc1. The maximum absolute atomic E-state index is 14.5. The standard InChI is InChI=1S/C43H26O11/c44-32-22-21-30(23-33(32)52-41(47)27-15-7-2-8-16-27)38-39(54-43(49)29-19-11-4-12-20-29)37(45)36-34(51-38)24-31(50-40(46)26-13-5-1-6-14-26)25-35(36)53-42(48)28-17-9-3-10-18-28/h1-25,44H. The van der Waals surface area contributed by atoms with Crippen LogP contribution in [0.3, 0.4) is 0 Å². The van der Waals surface area contributed by atoms with Crippen LogP contribution in [0, 0.1) is 0 Å². The number of carbonyl (C=O) groups excluding carboxylic acids is 4. The van der Waals surface area contributed by atoms with Gasteiger partial charge in [0.2, 0.25) is 11.2 Å². The molecule has 0 fully saturated rings. The van der Waals surface area contributed by atoms with Gasteiger partial charge < -0.3 is 28.5 Å². The predicted molar refractivity (Wildman–Crippen MR) is 195 cm³/mol. The normalized spacial score (nSPS) is 10.7. The van der Waals surface area contributed by atoms with Gasteiger partial charge in [-0.15, -0.1) is 0 Å². The van der Waals surface area contributed by atoms with Gasteiger partial charge in [-0.25, -0.2) is 19.2 Å². The summed E-state index contributed by atoms with van der Waals surface area (Å²) in [7, 11) is 0. The van der Waals surface area contributed by atoms with E-state index in [1.54, 1.807) is 84.9 Å². The fourth-order valence-corrected chi connectivity index (χ4v) is 5.33. The molecule has 0 saturated carbocycles. The van der Waals surface area contributed by atoms with Crippen molar-refractivity contribution in [3.63, 3.8) is 0 Å². The minimum absolute atomic E-state index is 0.0352. The Morgan fingerprint density at radius 3 is 1.43 bits per heavy atom. The van der Waals surface area contributed by atoms with Crippen molar-refractivity contribution in [1.29, 1.82) is 0 Å². The summed E-state index contributed by atoms with van der Waals surface area (Å²) in [6.45, 7) is 0. The Kier molecular flexibility index (Phi) is 9.76. The minimum atomic E-state index is -0.941. The molecule has 0 aliphatic carbocycles. The van der Waals surface area contributed by atoms with Crippen LogP contribution >= 0.6 is 0 Å². The number of fused-ring (bicyclic) bond motifs is 1. The van der Waals surface area contributed by atoms with Gasteiger partial charge in [0.05, 0.1) is 22.3 Å². The minimum Gasteiger partial charge on any atom is -0.504 e. The molecule has 11 nitrogen and oxygen atoms in total. The van der Waals surface area contributed by atoms with Crippen molar-refractivity contribution >= 4 is 34.8 Å². The van der Waals surface area contributed by atoms with Gasteiger partial charge >= 0.3 is 23.9 Å². The van der Waals surface area contributed by atoms with Crippen LogP contribution in [0.15, 0.2) is 161 Å². The lowest BCUT2D eigenvalue weighted by Crippen LogP contribution is -2.18. The fourth-order valence-electron chi connectivity index (χ4n) is 5.33. The largest absolute Gasteiger partial charge is 0.504 e. The molecular weight excluding hydrogens is 692 g/mol. The quantitative estimate of drug-likeness (QED) is 0.114. The number of rotatable bonds is 9. The number of hydrogen-bond acceptors (Lipinski definition) is 11. The second-order valence-corrected chi connectivity index (χ2v) is 11.6. The number of ether oxygens (including phenoxy) is 4. The first-order valence-electron chi connectivity index (χ1n) is 16.3. The summed E-state index contributed by atoms with van der Waals surface area (Å²) >= 11 is 0. The lowest BCUT2D eigenvalue weighted by molar-refractivity contribution is 0.0715. The fraction of sp³-hybridized carbons (Fsp3) is 0. The summed E-state index contributed by atoms with van der Waals surface area (Å²) in [4.78, 5) is 67.2. The molecule has 1 aromatic heterocycles. The number of aromatic hydroxyl groups is 1. The van der Waals surface area contributed by atoms with E-state index in [9.17, 15) is 29.1 Å². The number of esters is 4. The highest BCUT2D eigenvalue weighted by Gasteiger charge is 2.27. The van der Waals surface area contributed by atoms with Crippen LogP contribution in [0.2, 0.25) is 0 Å². The summed E-state index contributed by atoms with van der Waals surface area (Å²) in [5.74, 6) is -5.49. The highest BCUT2D eigenvalue weighted by atomic mass is 16.6. The molecule has 0 amide bonds. The van der Waals surface area contributed by atoms with Gasteiger partial charge in [-0.2, -0.15) is 0 Å². The van der Waals surface area contributed by atoms with Crippen LogP contribution in [0.5, 0.6) is 28.7 Å². The molecule has 0 aliphatic heterocycles. The number of phenolic OH excluding ortho intramolecular Hbond substituents is 1. The van der Waals surface area contributed by atoms with Crippen LogP contribution < -0.4 is 24.4 Å². The molecule has 1 N–H and O–H groups in total. The van der Waals surface area contributed by atoms with Gasteiger partial charge in [-0.3, -0.25) is 4.79 Å². The van der Waals surface area contributed by atoms with Crippen LogP contribution in [-0.2, 0) is 0 Å². The van der Waals surface area contributed by atoms with Crippen molar-refractivity contribution in [2.24, 2.45) is 0 Å². The first-order chi connectivity index (χ1) is 26.2. The van der Waals surface area contributed by atoms with Crippen molar-refractivity contribution in [3.8, 4) is 40.1 Å². The van der Waals surface area contributed by atoms with E-state index >= 15 is 0 Å². The van der Waals surface area contributed by atoms with E-state index in [2.05, 4.69) is 0 Å². The van der Waals surface area contributed by atoms with E-state index in [1.165, 1.54) is 66.7 Å². The first-order valence-corrected chi connectivity index (χ1v) is 16.3. The van der Waals surface area contributed by atoms with Gasteiger partial charge in [0.25, 0.3) is 0 Å². The number of benzene rings is 6. The molecule has 7 rings (SSSR count). The van der Waals surface area contributed by atoms with E-state index in [0.29, 0.717) is 0 Å². The second kappa shape index (κ2) is 15.2. The molecule has 0 atom stereocenters. The van der Waals surface area contributed by atoms with E-state index in [-0.39, 0.29) is 61.8 Å². The Balaban J connectivity index is 1.40. The Hall–Kier alpha value is -7.79. The summed E-state index contributed by atoms with van der Waals surface area (Å²) in [6, 6.07) is 38.1. The third-order valence-electron chi connectivity index (χ3n) is 7.96. The molecule has 11 heteroatoms. The molecule has 0 bridgehead atoms. The molecule has 6 aromatic carbocycles. The zero-order valence-corrected chi connectivity index (χ0v) is 28.0. The Morgan fingerprint density at radius 1 is 0.481 bits per heavy atom. The monoisotopic (exact) mass is 718 g/mol. The van der Waals surface area contributed by atoms with Crippen molar-refractivity contribution in [3.05, 3.63) is 184 Å². The Labute approximate surface area is 306 Å². The van der Waals surface area contributed by atoms with Crippen molar-refractivity contribution in [1.82, 2.24) is 0 Å². The van der Waals surface area contributed by atoms with Crippen molar-refractivity contribution in [2.75, 3.05) is 0 Å². The van der Waals surface area contributed by atoms with Crippen molar-refractivity contribution < 1.29 is 47.6 Å². The Bertz CT molecular complexity index is 2580. The highest BCUT2D eigenvalue weighted by molar-refractivity contribution is 5.98. The van der Waals surface area contributed by atoms with Crippen LogP contribution in [0.1, 0.15) is 41.4 Å². The summed E-state index contributed by atoms with van der Waals surface area (Å²) < 4.78 is 28.8. The number of hydrogen-bond donors (Lipinski definition) is 1.